The maximum absolute atomic E-state index is 12.8. The third-order valence-corrected chi connectivity index (χ3v) is 5.42. The molecule has 2 unspecified atom stereocenters. The van der Waals surface area contributed by atoms with E-state index in [1.807, 2.05) is 30.0 Å². The Morgan fingerprint density at radius 2 is 1.93 bits per heavy atom. The zero-order valence-corrected chi connectivity index (χ0v) is 16.6. The van der Waals surface area contributed by atoms with Crippen LogP contribution < -0.4 is 24.4 Å². The molecule has 2 aliphatic heterocycles. The van der Waals surface area contributed by atoms with E-state index in [9.17, 15) is 13.6 Å². The Balaban J connectivity index is 1.38. The monoisotopic (exact) mass is 418 g/mol. The summed E-state index contributed by atoms with van der Waals surface area (Å²) in [6.07, 6.45) is 0.725. The highest BCUT2D eigenvalue weighted by atomic mass is 19.3. The summed E-state index contributed by atoms with van der Waals surface area (Å²) in [7, 11) is 0. The number of carbonyl (C=O) groups is 1. The first-order valence-corrected chi connectivity index (χ1v) is 10.00. The van der Waals surface area contributed by atoms with Crippen molar-refractivity contribution in [3.63, 3.8) is 0 Å². The minimum Gasteiger partial charge on any atom is -0.486 e. The molecule has 4 rings (SSSR count). The molecule has 160 valence electrons. The van der Waals surface area contributed by atoms with E-state index in [4.69, 9.17) is 9.47 Å². The van der Waals surface area contributed by atoms with Crippen LogP contribution in [0.4, 0.5) is 14.5 Å². The Bertz CT molecular complexity index is 908. The number of hydrogen-bond acceptors (Lipinski definition) is 5. The summed E-state index contributed by atoms with van der Waals surface area (Å²) >= 11 is 0. The third-order valence-electron chi connectivity index (χ3n) is 5.42. The van der Waals surface area contributed by atoms with Gasteiger partial charge in [0.1, 0.15) is 19.0 Å². The van der Waals surface area contributed by atoms with Crippen LogP contribution >= 0.6 is 0 Å². The number of nitrogens with one attached hydrogen (secondary N) is 1. The van der Waals surface area contributed by atoms with Gasteiger partial charge in [0, 0.05) is 19.1 Å². The van der Waals surface area contributed by atoms with Crippen molar-refractivity contribution in [2.75, 3.05) is 31.2 Å². The molecule has 1 N–H and O–H groups in total. The molecule has 0 aromatic heterocycles. The highest BCUT2D eigenvalue weighted by Gasteiger charge is 2.28. The minimum absolute atomic E-state index is 0.0724. The second-order valence-electron chi connectivity index (χ2n) is 7.41. The number of hydrogen-bond donors (Lipinski definition) is 1. The van der Waals surface area contributed by atoms with Gasteiger partial charge in [-0.25, -0.2) is 0 Å². The lowest BCUT2D eigenvalue weighted by atomic mass is 9.99. The van der Waals surface area contributed by atoms with Crippen molar-refractivity contribution in [1.82, 2.24) is 5.32 Å². The van der Waals surface area contributed by atoms with E-state index in [2.05, 4.69) is 10.1 Å². The number of nitrogens with zero attached hydrogens (tertiary/aromatic N) is 1. The van der Waals surface area contributed by atoms with Crippen LogP contribution in [0.1, 0.15) is 24.8 Å². The fourth-order valence-corrected chi connectivity index (χ4v) is 3.82. The van der Waals surface area contributed by atoms with Crippen molar-refractivity contribution in [3.05, 3.63) is 48.0 Å². The zero-order chi connectivity index (χ0) is 21.1. The van der Waals surface area contributed by atoms with E-state index < -0.39 is 6.61 Å². The second-order valence-corrected chi connectivity index (χ2v) is 7.41. The Morgan fingerprint density at radius 3 is 2.73 bits per heavy atom. The zero-order valence-electron chi connectivity index (χ0n) is 16.6. The van der Waals surface area contributed by atoms with Gasteiger partial charge in [0.2, 0.25) is 5.91 Å². The maximum Gasteiger partial charge on any atom is 0.387 e. The topological polar surface area (TPSA) is 60.0 Å². The summed E-state index contributed by atoms with van der Waals surface area (Å²) in [4.78, 5) is 14.8. The Morgan fingerprint density at radius 1 is 1.17 bits per heavy atom. The Kier molecular flexibility index (Phi) is 5.92. The first-order chi connectivity index (χ1) is 14.5. The number of halogens is 2. The van der Waals surface area contributed by atoms with Gasteiger partial charge < -0.3 is 24.4 Å². The van der Waals surface area contributed by atoms with E-state index in [0.29, 0.717) is 43.5 Å². The number of para-hydroxylation sites is 2. The number of fused-ring (bicyclic) bond motifs is 1. The van der Waals surface area contributed by atoms with Gasteiger partial charge in [-0.05, 0) is 43.2 Å². The van der Waals surface area contributed by atoms with Gasteiger partial charge in [-0.15, -0.1) is 0 Å². The predicted molar refractivity (Wildman–Crippen MR) is 108 cm³/mol. The molecule has 0 radical (unpaired) electrons. The molecule has 1 amide bonds. The SMILES string of the molecule is CC(C(=O)NC1CCN(c2ccccc2OC(F)F)C1)c1ccc2c(c1)OCCO2. The standard InChI is InChI=1S/C22H24F2N2O4/c1-14(15-6-7-19-20(12-15)29-11-10-28-19)21(27)25-16-8-9-26(13-16)17-4-2-3-5-18(17)30-22(23)24/h2-7,12,14,16,22H,8-11,13H2,1H3,(H,25,27). The molecule has 0 bridgehead atoms. The summed E-state index contributed by atoms with van der Waals surface area (Å²) < 4.78 is 41.1. The van der Waals surface area contributed by atoms with Crippen LogP contribution in [0.25, 0.3) is 0 Å². The molecule has 2 aliphatic rings. The highest BCUT2D eigenvalue weighted by Crippen LogP contribution is 2.34. The second kappa shape index (κ2) is 8.77. The van der Waals surface area contributed by atoms with Crippen LogP contribution in [0.2, 0.25) is 0 Å². The molecule has 8 heteroatoms. The molecule has 1 fully saturated rings. The van der Waals surface area contributed by atoms with Crippen molar-refractivity contribution in [2.24, 2.45) is 0 Å². The lowest BCUT2D eigenvalue weighted by Crippen LogP contribution is -2.39. The molecule has 2 aromatic carbocycles. The molecule has 6 nitrogen and oxygen atoms in total. The van der Waals surface area contributed by atoms with Crippen molar-refractivity contribution < 1.29 is 27.8 Å². The van der Waals surface area contributed by atoms with Gasteiger partial charge in [-0.3, -0.25) is 4.79 Å². The molecular formula is C22H24F2N2O4. The molecular weight excluding hydrogens is 394 g/mol. The van der Waals surface area contributed by atoms with Crippen LogP contribution in [0.5, 0.6) is 17.2 Å². The van der Waals surface area contributed by atoms with Gasteiger partial charge in [-0.2, -0.15) is 8.78 Å². The average molecular weight is 418 g/mol. The number of anilines is 1. The van der Waals surface area contributed by atoms with E-state index in [0.717, 1.165) is 12.0 Å². The molecule has 2 heterocycles. The van der Waals surface area contributed by atoms with Gasteiger partial charge in [-0.1, -0.05) is 18.2 Å². The summed E-state index contributed by atoms with van der Waals surface area (Å²) in [6.45, 7) is 1.16. The molecule has 2 atom stereocenters. The van der Waals surface area contributed by atoms with Crippen LogP contribution in [0.15, 0.2) is 42.5 Å². The van der Waals surface area contributed by atoms with Crippen LogP contribution in [0, 0.1) is 0 Å². The van der Waals surface area contributed by atoms with Crippen molar-refractivity contribution in [2.45, 2.75) is 31.9 Å². The normalized spacial score (nSPS) is 18.9. The first-order valence-electron chi connectivity index (χ1n) is 10.00. The van der Waals surface area contributed by atoms with Crippen LogP contribution in [-0.4, -0.2) is 44.9 Å². The van der Waals surface area contributed by atoms with Crippen LogP contribution in [0.3, 0.4) is 0 Å². The Labute approximate surface area is 173 Å². The molecule has 1 saturated heterocycles. The first kappa shape index (κ1) is 20.3. The van der Waals surface area contributed by atoms with Gasteiger partial charge in [0.25, 0.3) is 0 Å². The van der Waals surface area contributed by atoms with Gasteiger partial charge >= 0.3 is 6.61 Å². The third kappa shape index (κ3) is 4.42. The van der Waals surface area contributed by atoms with Gasteiger partial charge in [0.05, 0.1) is 11.6 Å². The fraction of sp³-hybridized carbons (Fsp3) is 0.409. The number of ether oxygens (including phenoxy) is 3. The maximum atomic E-state index is 12.8. The van der Waals surface area contributed by atoms with Crippen molar-refractivity contribution in [1.29, 1.82) is 0 Å². The van der Waals surface area contributed by atoms with Crippen molar-refractivity contribution >= 4 is 11.6 Å². The number of amides is 1. The molecule has 0 aliphatic carbocycles. The smallest absolute Gasteiger partial charge is 0.387 e. The molecule has 0 spiro atoms. The molecule has 2 aromatic rings. The molecule has 30 heavy (non-hydrogen) atoms. The largest absolute Gasteiger partial charge is 0.486 e. The van der Waals surface area contributed by atoms with E-state index in [1.165, 1.54) is 6.07 Å². The van der Waals surface area contributed by atoms with Crippen LogP contribution in [-0.2, 0) is 4.79 Å². The van der Waals surface area contributed by atoms with E-state index in [-0.39, 0.29) is 23.6 Å². The summed E-state index contributed by atoms with van der Waals surface area (Å²) in [6, 6.07) is 12.2. The Hall–Kier alpha value is -3.03. The predicted octanol–water partition coefficient (Wildman–Crippen LogP) is 3.56. The minimum atomic E-state index is -2.88. The number of alkyl halides is 2. The number of benzene rings is 2. The quantitative estimate of drug-likeness (QED) is 0.778. The average Bonchev–Trinajstić information content (AvgIpc) is 3.21. The lowest BCUT2D eigenvalue weighted by Gasteiger charge is -2.23. The lowest BCUT2D eigenvalue weighted by molar-refractivity contribution is -0.122. The van der Waals surface area contributed by atoms with E-state index in [1.54, 1.807) is 18.2 Å². The van der Waals surface area contributed by atoms with Gasteiger partial charge in [0.15, 0.2) is 11.5 Å². The highest BCUT2D eigenvalue weighted by molar-refractivity contribution is 5.84. The summed E-state index contributed by atoms with van der Waals surface area (Å²) in [5.41, 5.74) is 1.46. The van der Waals surface area contributed by atoms with E-state index >= 15 is 0 Å². The fourth-order valence-electron chi connectivity index (χ4n) is 3.82. The molecule has 0 saturated carbocycles. The van der Waals surface area contributed by atoms with Crippen molar-refractivity contribution in [3.8, 4) is 17.2 Å². The summed E-state index contributed by atoms with van der Waals surface area (Å²) in [5, 5.41) is 3.08. The number of rotatable bonds is 6. The number of carbonyl (C=O) groups excluding carboxylic acids is 1. The summed E-state index contributed by atoms with van der Waals surface area (Å²) in [5.74, 6) is 1.04.